The molecule has 5 nitrogen and oxygen atoms in total. The molecule has 1 aromatic carbocycles. The SMILES string of the molecule is COc1cc(-c2noc(-c3cc(C)nc(Cl)c3)n2)ccc1C. The van der Waals surface area contributed by atoms with E-state index in [0.717, 1.165) is 28.1 Å². The van der Waals surface area contributed by atoms with Crippen molar-refractivity contribution in [3.8, 4) is 28.6 Å². The first-order valence-corrected chi connectivity index (χ1v) is 7.08. The summed E-state index contributed by atoms with van der Waals surface area (Å²) in [6, 6.07) is 9.31. The summed E-state index contributed by atoms with van der Waals surface area (Å²) >= 11 is 5.96. The lowest BCUT2D eigenvalue weighted by Gasteiger charge is -2.04. The molecule has 3 aromatic rings. The van der Waals surface area contributed by atoms with Crippen molar-refractivity contribution in [1.82, 2.24) is 15.1 Å². The van der Waals surface area contributed by atoms with Gasteiger partial charge in [0.15, 0.2) is 0 Å². The molecule has 0 radical (unpaired) electrons. The average molecular weight is 316 g/mol. The van der Waals surface area contributed by atoms with Crippen molar-refractivity contribution in [3.05, 3.63) is 46.7 Å². The second-order valence-corrected chi connectivity index (χ2v) is 5.31. The molecule has 0 aliphatic carbocycles. The molecule has 0 unspecified atom stereocenters. The normalized spacial score (nSPS) is 10.7. The van der Waals surface area contributed by atoms with Gasteiger partial charge in [0.1, 0.15) is 10.9 Å². The van der Waals surface area contributed by atoms with Gasteiger partial charge < -0.3 is 9.26 Å². The molecule has 0 saturated heterocycles. The number of hydrogen-bond donors (Lipinski definition) is 0. The van der Waals surface area contributed by atoms with Crippen LogP contribution in [0.4, 0.5) is 0 Å². The van der Waals surface area contributed by atoms with Crippen LogP contribution >= 0.6 is 11.6 Å². The quantitative estimate of drug-likeness (QED) is 0.682. The second-order valence-electron chi connectivity index (χ2n) is 4.93. The fourth-order valence-corrected chi connectivity index (χ4v) is 2.42. The van der Waals surface area contributed by atoms with Crippen molar-refractivity contribution < 1.29 is 9.26 Å². The van der Waals surface area contributed by atoms with Crippen LogP contribution in [0.3, 0.4) is 0 Å². The number of halogens is 1. The summed E-state index contributed by atoms with van der Waals surface area (Å²) in [7, 11) is 1.63. The fourth-order valence-electron chi connectivity index (χ4n) is 2.17. The average Bonchev–Trinajstić information content (AvgIpc) is 2.96. The summed E-state index contributed by atoms with van der Waals surface area (Å²) in [5, 5.41) is 4.42. The number of aryl methyl sites for hydroxylation is 2. The van der Waals surface area contributed by atoms with E-state index in [1.807, 2.05) is 38.1 Å². The molecule has 0 atom stereocenters. The van der Waals surface area contributed by atoms with Crippen LogP contribution in [0, 0.1) is 13.8 Å². The lowest BCUT2D eigenvalue weighted by molar-refractivity contribution is 0.411. The van der Waals surface area contributed by atoms with Gasteiger partial charge in [-0.25, -0.2) is 4.98 Å². The highest BCUT2D eigenvalue weighted by Gasteiger charge is 2.13. The molecule has 0 bridgehead atoms. The predicted molar refractivity (Wildman–Crippen MR) is 84.0 cm³/mol. The van der Waals surface area contributed by atoms with Gasteiger partial charge in [-0.05, 0) is 37.6 Å². The van der Waals surface area contributed by atoms with E-state index in [1.165, 1.54) is 0 Å². The van der Waals surface area contributed by atoms with E-state index in [1.54, 1.807) is 13.2 Å². The molecule has 2 aromatic heterocycles. The van der Waals surface area contributed by atoms with Crippen LogP contribution < -0.4 is 4.74 Å². The van der Waals surface area contributed by atoms with E-state index < -0.39 is 0 Å². The van der Waals surface area contributed by atoms with E-state index in [9.17, 15) is 0 Å². The molecular formula is C16H14ClN3O2. The van der Waals surface area contributed by atoms with Crippen LogP contribution in [0.25, 0.3) is 22.8 Å². The number of hydrogen-bond acceptors (Lipinski definition) is 5. The van der Waals surface area contributed by atoms with Crippen molar-refractivity contribution in [1.29, 1.82) is 0 Å². The van der Waals surface area contributed by atoms with Gasteiger partial charge in [-0.3, -0.25) is 0 Å². The summed E-state index contributed by atoms with van der Waals surface area (Å²) in [6.07, 6.45) is 0. The zero-order valence-electron chi connectivity index (χ0n) is 12.4. The van der Waals surface area contributed by atoms with Crippen molar-refractivity contribution in [2.75, 3.05) is 7.11 Å². The van der Waals surface area contributed by atoms with E-state index in [-0.39, 0.29) is 0 Å². The molecule has 0 fully saturated rings. The van der Waals surface area contributed by atoms with Crippen LogP contribution in [-0.4, -0.2) is 22.2 Å². The van der Waals surface area contributed by atoms with Crippen molar-refractivity contribution in [2.24, 2.45) is 0 Å². The van der Waals surface area contributed by atoms with Gasteiger partial charge >= 0.3 is 0 Å². The number of rotatable bonds is 3. The number of ether oxygens (including phenoxy) is 1. The van der Waals surface area contributed by atoms with Gasteiger partial charge in [0, 0.05) is 16.8 Å². The Hall–Kier alpha value is -2.40. The summed E-state index contributed by atoms with van der Waals surface area (Å²) in [5.74, 6) is 1.69. The van der Waals surface area contributed by atoms with Crippen molar-refractivity contribution in [2.45, 2.75) is 13.8 Å². The Labute approximate surface area is 132 Å². The topological polar surface area (TPSA) is 61.0 Å². The first-order chi connectivity index (χ1) is 10.6. The van der Waals surface area contributed by atoms with Crippen LogP contribution in [-0.2, 0) is 0 Å². The summed E-state index contributed by atoms with van der Waals surface area (Å²) in [6.45, 7) is 3.84. The number of nitrogens with zero attached hydrogens (tertiary/aromatic N) is 3. The third kappa shape index (κ3) is 2.80. The van der Waals surface area contributed by atoms with Gasteiger partial charge in [0.25, 0.3) is 5.89 Å². The lowest BCUT2D eigenvalue weighted by Crippen LogP contribution is -1.89. The highest BCUT2D eigenvalue weighted by atomic mass is 35.5. The summed E-state index contributed by atoms with van der Waals surface area (Å²) in [5.41, 5.74) is 3.41. The minimum Gasteiger partial charge on any atom is -0.496 e. The number of aromatic nitrogens is 3. The van der Waals surface area contributed by atoms with Crippen LogP contribution in [0.2, 0.25) is 5.15 Å². The molecule has 0 saturated carbocycles. The standard InChI is InChI=1S/C16H14ClN3O2/c1-9-4-5-11(7-13(9)21-3)15-19-16(22-20-15)12-6-10(2)18-14(17)8-12/h4-8H,1-3H3. The highest BCUT2D eigenvalue weighted by molar-refractivity contribution is 6.29. The molecule has 2 heterocycles. The third-order valence-electron chi connectivity index (χ3n) is 3.26. The first-order valence-electron chi connectivity index (χ1n) is 6.70. The Morgan fingerprint density at radius 1 is 1.05 bits per heavy atom. The molecular weight excluding hydrogens is 302 g/mol. The van der Waals surface area contributed by atoms with Crippen molar-refractivity contribution in [3.63, 3.8) is 0 Å². The number of pyridine rings is 1. The van der Waals surface area contributed by atoms with Gasteiger partial charge in [-0.15, -0.1) is 0 Å². The molecule has 6 heteroatoms. The fraction of sp³-hybridized carbons (Fsp3) is 0.188. The van der Waals surface area contributed by atoms with Gasteiger partial charge in [0.2, 0.25) is 5.82 Å². The Kier molecular flexibility index (Phi) is 3.81. The first kappa shape index (κ1) is 14.5. The van der Waals surface area contributed by atoms with Crippen LogP contribution in [0.15, 0.2) is 34.9 Å². The predicted octanol–water partition coefficient (Wildman–Crippen LogP) is 4.08. The van der Waals surface area contributed by atoms with E-state index in [4.69, 9.17) is 20.9 Å². The zero-order valence-corrected chi connectivity index (χ0v) is 13.2. The molecule has 0 aliphatic rings. The second kappa shape index (κ2) is 5.77. The van der Waals surface area contributed by atoms with Crippen molar-refractivity contribution >= 4 is 11.6 Å². The maximum absolute atomic E-state index is 5.96. The molecule has 0 amide bonds. The summed E-state index contributed by atoms with van der Waals surface area (Å²) < 4.78 is 10.6. The molecule has 0 spiro atoms. The number of methoxy groups -OCH3 is 1. The largest absolute Gasteiger partial charge is 0.496 e. The molecule has 0 N–H and O–H groups in total. The van der Waals surface area contributed by atoms with E-state index in [2.05, 4.69) is 15.1 Å². The van der Waals surface area contributed by atoms with E-state index >= 15 is 0 Å². The van der Waals surface area contributed by atoms with Crippen LogP contribution in [0.1, 0.15) is 11.3 Å². The van der Waals surface area contributed by atoms with Gasteiger partial charge in [-0.2, -0.15) is 4.98 Å². The molecule has 112 valence electrons. The Balaban J connectivity index is 2.00. The Bertz CT molecular complexity index is 810. The summed E-state index contributed by atoms with van der Waals surface area (Å²) in [4.78, 5) is 8.53. The maximum Gasteiger partial charge on any atom is 0.258 e. The lowest BCUT2D eigenvalue weighted by atomic mass is 10.1. The van der Waals surface area contributed by atoms with Gasteiger partial charge in [-0.1, -0.05) is 28.9 Å². The Morgan fingerprint density at radius 3 is 2.59 bits per heavy atom. The Morgan fingerprint density at radius 2 is 1.86 bits per heavy atom. The molecule has 3 rings (SSSR count). The smallest absolute Gasteiger partial charge is 0.258 e. The van der Waals surface area contributed by atoms with Gasteiger partial charge in [0.05, 0.1) is 7.11 Å². The third-order valence-corrected chi connectivity index (χ3v) is 3.46. The van der Waals surface area contributed by atoms with Crippen LogP contribution in [0.5, 0.6) is 5.75 Å². The zero-order chi connectivity index (χ0) is 15.7. The van der Waals surface area contributed by atoms with E-state index in [0.29, 0.717) is 16.9 Å². The molecule has 0 aliphatic heterocycles. The maximum atomic E-state index is 5.96. The highest BCUT2D eigenvalue weighted by Crippen LogP contribution is 2.27. The minimum atomic E-state index is 0.395. The number of benzene rings is 1. The molecule has 22 heavy (non-hydrogen) atoms. The minimum absolute atomic E-state index is 0.395. The monoisotopic (exact) mass is 315 g/mol.